The van der Waals surface area contributed by atoms with Crippen molar-refractivity contribution in [3.8, 4) is 0 Å². The number of imide groups is 1. The summed E-state index contributed by atoms with van der Waals surface area (Å²) in [7, 11) is 0. The number of hydrogen-bond donors (Lipinski definition) is 3. The average Bonchev–Trinajstić information content (AvgIpc) is 3.66. The summed E-state index contributed by atoms with van der Waals surface area (Å²) in [5.74, 6) is -6.34. The number of nitrogens with zero attached hydrogens (tertiary/aromatic N) is 6. The second kappa shape index (κ2) is 18.2. The van der Waals surface area contributed by atoms with Crippen LogP contribution in [0.1, 0.15) is 39.1 Å². The topological polar surface area (TPSA) is 208 Å². The number of pyridine rings is 1. The Labute approximate surface area is 351 Å². The molecule has 3 N–H and O–H groups in total. The zero-order valence-corrected chi connectivity index (χ0v) is 33.1. The van der Waals surface area contributed by atoms with E-state index >= 15 is 0 Å². The van der Waals surface area contributed by atoms with Gasteiger partial charge in [0, 0.05) is 73.4 Å². The first-order valence-corrected chi connectivity index (χ1v) is 19.2. The number of nitro benzene ring substituents is 1. The van der Waals surface area contributed by atoms with Crippen molar-refractivity contribution in [2.75, 3.05) is 57.7 Å². The number of hydrogen-bond acceptors (Lipinski definition) is 11. The molecule has 2 aliphatic rings. The third-order valence-electron chi connectivity index (χ3n) is 10.5. The maximum absolute atomic E-state index is 13.6. The molecule has 16 nitrogen and oxygen atoms in total. The Morgan fingerprint density at radius 1 is 0.794 bits per heavy atom. The molecule has 2 aromatic heterocycles. The molecule has 0 radical (unpaired) electrons. The Bertz CT molecular complexity index is 2780. The van der Waals surface area contributed by atoms with Gasteiger partial charge in [0.25, 0.3) is 17.5 Å². The van der Waals surface area contributed by atoms with E-state index in [4.69, 9.17) is 19.8 Å². The molecule has 63 heavy (non-hydrogen) atoms. The highest BCUT2D eigenvalue weighted by Crippen LogP contribution is 2.34. The zero-order chi connectivity index (χ0) is 46.0. The van der Waals surface area contributed by atoms with Crippen molar-refractivity contribution in [1.82, 2.24) is 24.1 Å². The van der Waals surface area contributed by atoms with Crippen LogP contribution in [0.5, 0.6) is 0 Å². The summed E-state index contributed by atoms with van der Waals surface area (Å²) in [4.78, 5) is 79.6. The van der Waals surface area contributed by atoms with E-state index < -0.39 is 35.1 Å². The van der Waals surface area contributed by atoms with Crippen LogP contribution in [0.2, 0.25) is 0 Å². The first-order valence-electron chi connectivity index (χ1n) is 19.2. The second-order valence-corrected chi connectivity index (χ2v) is 14.7. The lowest BCUT2D eigenvalue weighted by Gasteiger charge is -2.35. The predicted molar refractivity (Wildman–Crippen MR) is 216 cm³/mol. The molecule has 2 amide bonds. The van der Waals surface area contributed by atoms with E-state index in [9.17, 15) is 50.8 Å². The van der Waals surface area contributed by atoms with Crippen LogP contribution in [-0.4, -0.2) is 128 Å². The van der Waals surface area contributed by atoms with Crippen LogP contribution in [-0.2, 0) is 9.59 Å². The normalized spacial score (nSPS) is 14.7. The standard InChI is InChI=1S/C37H35N7O5.2C2HF3O2/c1-23-7-10-31-27(19-23)35(45)33-29(8-9-30-34(33)43(31)22-39-30)38-11-3-12-40-15-17-41(18-16-40)13-4-14-42-36(46)26-6-2-5-24-20-25(44(48)49)21-28(32(24)26)37(42)47;2*3-2(4,5)1(6)7/h2,5-10,19-22,38H,3-4,11-18H2,1H3;2*(H,6,7). The van der Waals surface area contributed by atoms with Gasteiger partial charge in [-0.25, -0.2) is 14.6 Å². The number of aromatic nitrogens is 2. The summed E-state index contributed by atoms with van der Waals surface area (Å²) in [6, 6.07) is 17.6. The van der Waals surface area contributed by atoms with Crippen LogP contribution in [0, 0.1) is 17.0 Å². The number of carboxylic acids is 2. The SMILES string of the molecule is Cc1ccc2c(c1)c(=O)c1c(NCCCN3CCN(CCCN4C(=O)c5cccc6cc([N+](=O)[O-])cc(c56)C4=O)CC3)ccc3ncn2c31.O=C(O)C(F)(F)F.O=C(O)C(F)(F)F. The van der Waals surface area contributed by atoms with E-state index in [1.165, 1.54) is 17.0 Å². The number of anilines is 1. The fourth-order valence-corrected chi connectivity index (χ4v) is 7.51. The molecule has 1 saturated heterocycles. The number of carbonyl (C=O) groups excluding carboxylic acids is 2. The number of nitro groups is 1. The van der Waals surface area contributed by atoms with Crippen LogP contribution in [0.4, 0.5) is 37.7 Å². The van der Waals surface area contributed by atoms with E-state index in [1.54, 1.807) is 24.5 Å². The number of rotatable bonds is 10. The molecule has 4 heterocycles. The number of alkyl halides is 6. The molecule has 6 aromatic rings. The fourth-order valence-electron chi connectivity index (χ4n) is 7.51. The summed E-state index contributed by atoms with van der Waals surface area (Å²) < 4.78 is 65.5. The fraction of sp³-hybridized carbons (Fsp3) is 0.317. The molecular weight excluding hydrogens is 848 g/mol. The van der Waals surface area contributed by atoms with Gasteiger partial charge in [0.05, 0.1) is 32.4 Å². The Balaban J connectivity index is 0.000000409. The van der Waals surface area contributed by atoms with Crippen molar-refractivity contribution in [3.05, 3.63) is 104 Å². The molecule has 0 spiro atoms. The number of carboxylic acid groups (broad SMARTS) is 2. The summed E-state index contributed by atoms with van der Waals surface area (Å²) in [6.07, 6.45) is -6.83. The van der Waals surface area contributed by atoms with Crippen molar-refractivity contribution < 1.29 is 60.7 Å². The van der Waals surface area contributed by atoms with Crippen LogP contribution in [0.15, 0.2) is 71.8 Å². The molecule has 8 rings (SSSR count). The molecule has 0 unspecified atom stereocenters. The van der Waals surface area contributed by atoms with Gasteiger partial charge in [-0.15, -0.1) is 0 Å². The zero-order valence-electron chi connectivity index (χ0n) is 33.1. The van der Waals surface area contributed by atoms with Gasteiger partial charge < -0.3 is 25.3 Å². The lowest BCUT2D eigenvalue weighted by atomic mass is 9.93. The van der Waals surface area contributed by atoms with Gasteiger partial charge in [-0.2, -0.15) is 26.3 Å². The van der Waals surface area contributed by atoms with Crippen LogP contribution >= 0.6 is 0 Å². The van der Waals surface area contributed by atoms with Gasteiger partial charge in [0.15, 0.2) is 5.43 Å². The van der Waals surface area contributed by atoms with E-state index in [0.717, 1.165) is 80.0 Å². The molecule has 22 heteroatoms. The number of fused-ring (bicyclic) bond motifs is 2. The second-order valence-electron chi connectivity index (χ2n) is 14.7. The van der Waals surface area contributed by atoms with Crippen LogP contribution < -0.4 is 10.7 Å². The molecule has 0 aliphatic carbocycles. The lowest BCUT2D eigenvalue weighted by Crippen LogP contribution is -2.48. The number of imidazole rings is 1. The predicted octanol–water partition coefficient (Wildman–Crippen LogP) is 6.18. The van der Waals surface area contributed by atoms with Crippen LogP contribution in [0.25, 0.3) is 38.1 Å². The minimum absolute atomic E-state index is 0.0242. The third-order valence-corrected chi connectivity index (χ3v) is 10.5. The van der Waals surface area contributed by atoms with E-state index in [1.807, 2.05) is 41.7 Å². The van der Waals surface area contributed by atoms with Gasteiger partial charge in [-0.1, -0.05) is 23.8 Å². The molecule has 0 saturated carbocycles. The van der Waals surface area contributed by atoms with Crippen molar-refractivity contribution in [3.63, 3.8) is 0 Å². The number of carbonyl (C=O) groups is 4. The lowest BCUT2D eigenvalue weighted by molar-refractivity contribution is -0.384. The molecule has 0 atom stereocenters. The van der Waals surface area contributed by atoms with Gasteiger partial charge in [-0.3, -0.25) is 33.8 Å². The molecule has 0 bridgehead atoms. The van der Waals surface area contributed by atoms with Crippen molar-refractivity contribution in [2.45, 2.75) is 32.1 Å². The van der Waals surface area contributed by atoms with Crippen molar-refractivity contribution in [2.24, 2.45) is 0 Å². The third kappa shape index (κ3) is 9.91. The summed E-state index contributed by atoms with van der Waals surface area (Å²) in [6.45, 7) is 8.29. The molecular formula is C41H37F6N7O9. The quantitative estimate of drug-likeness (QED) is 0.0351. The van der Waals surface area contributed by atoms with E-state index in [-0.39, 0.29) is 29.1 Å². The largest absolute Gasteiger partial charge is 0.490 e. The summed E-state index contributed by atoms with van der Waals surface area (Å²) in [5, 5.41) is 31.6. The summed E-state index contributed by atoms with van der Waals surface area (Å²) in [5.41, 5.74) is 4.88. The highest BCUT2D eigenvalue weighted by molar-refractivity contribution is 6.25. The van der Waals surface area contributed by atoms with E-state index in [0.29, 0.717) is 33.5 Å². The number of nitrogens with one attached hydrogen (secondary N) is 1. The number of halogens is 6. The number of benzene rings is 4. The molecule has 4 aromatic carbocycles. The maximum Gasteiger partial charge on any atom is 0.490 e. The first-order chi connectivity index (χ1) is 29.7. The number of aryl methyl sites for hydroxylation is 1. The number of piperazine rings is 1. The first kappa shape index (κ1) is 45.6. The minimum Gasteiger partial charge on any atom is -0.475 e. The smallest absolute Gasteiger partial charge is 0.475 e. The highest BCUT2D eigenvalue weighted by atomic mass is 19.4. The van der Waals surface area contributed by atoms with Gasteiger partial charge >= 0.3 is 24.3 Å². The van der Waals surface area contributed by atoms with Crippen molar-refractivity contribution in [1.29, 1.82) is 0 Å². The summed E-state index contributed by atoms with van der Waals surface area (Å²) >= 11 is 0. The average molecular weight is 886 g/mol. The molecule has 332 valence electrons. The number of amides is 2. The number of non-ortho nitro benzene ring substituents is 1. The van der Waals surface area contributed by atoms with E-state index in [2.05, 4.69) is 20.1 Å². The highest BCUT2D eigenvalue weighted by Gasteiger charge is 2.39. The van der Waals surface area contributed by atoms with Gasteiger partial charge in [0.1, 0.15) is 6.33 Å². The number of aliphatic carboxylic acids is 2. The van der Waals surface area contributed by atoms with Crippen molar-refractivity contribution >= 4 is 73.2 Å². The Morgan fingerprint density at radius 2 is 1.40 bits per heavy atom. The Morgan fingerprint density at radius 3 is 2.00 bits per heavy atom. The van der Waals surface area contributed by atoms with Gasteiger partial charge in [-0.05, 0) is 68.6 Å². The van der Waals surface area contributed by atoms with Crippen LogP contribution in [0.3, 0.4) is 0 Å². The molecule has 1 fully saturated rings. The Kier molecular flexibility index (Phi) is 13.2. The minimum atomic E-state index is -5.08. The monoisotopic (exact) mass is 885 g/mol. The molecule has 2 aliphatic heterocycles. The van der Waals surface area contributed by atoms with Gasteiger partial charge in [0.2, 0.25) is 0 Å². The Hall–Kier alpha value is -6.94. The maximum atomic E-state index is 13.6.